The minimum atomic E-state index is -1.45. The Hall–Kier alpha value is -1.32. The SMILES string of the molecule is O=C1CCCC(c2cc(F)c(F)c(F)c2)C1. The van der Waals surface area contributed by atoms with E-state index >= 15 is 0 Å². The third-order valence-corrected chi connectivity index (χ3v) is 2.96. The fourth-order valence-corrected chi connectivity index (χ4v) is 2.12. The molecule has 4 heteroatoms. The van der Waals surface area contributed by atoms with Gasteiger partial charge in [0.25, 0.3) is 0 Å². The molecule has 1 unspecified atom stereocenters. The fraction of sp³-hybridized carbons (Fsp3) is 0.417. The van der Waals surface area contributed by atoms with Gasteiger partial charge in [-0.2, -0.15) is 0 Å². The molecule has 1 aliphatic rings. The van der Waals surface area contributed by atoms with E-state index in [4.69, 9.17) is 0 Å². The van der Waals surface area contributed by atoms with Gasteiger partial charge >= 0.3 is 0 Å². The van der Waals surface area contributed by atoms with E-state index in [0.717, 1.165) is 25.0 Å². The highest BCUT2D eigenvalue weighted by Gasteiger charge is 2.23. The Labute approximate surface area is 91.3 Å². The van der Waals surface area contributed by atoms with Gasteiger partial charge in [-0.25, -0.2) is 13.2 Å². The van der Waals surface area contributed by atoms with Gasteiger partial charge < -0.3 is 0 Å². The predicted octanol–water partition coefficient (Wildman–Crippen LogP) is 3.33. The Bertz CT molecular complexity index is 405. The van der Waals surface area contributed by atoms with E-state index in [0.29, 0.717) is 18.4 Å². The third-order valence-electron chi connectivity index (χ3n) is 2.96. The summed E-state index contributed by atoms with van der Waals surface area (Å²) in [5, 5.41) is 0. The van der Waals surface area contributed by atoms with Crippen LogP contribution < -0.4 is 0 Å². The molecule has 0 aliphatic heterocycles. The van der Waals surface area contributed by atoms with Crippen LogP contribution >= 0.6 is 0 Å². The molecule has 16 heavy (non-hydrogen) atoms. The first-order valence-corrected chi connectivity index (χ1v) is 5.24. The lowest BCUT2D eigenvalue weighted by atomic mass is 9.83. The number of Topliss-reactive ketones (excluding diaryl/α,β-unsaturated/α-hetero) is 1. The minimum Gasteiger partial charge on any atom is -0.300 e. The summed E-state index contributed by atoms with van der Waals surface area (Å²) in [4.78, 5) is 11.2. The number of hydrogen-bond acceptors (Lipinski definition) is 1. The maximum Gasteiger partial charge on any atom is 0.194 e. The average molecular weight is 228 g/mol. The number of rotatable bonds is 1. The van der Waals surface area contributed by atoms with Crippen LogP contribution in [0.1, 0.15) is 37.2 Å². The molecule has 1 aromatic rings. The summed E-state index contributed by atoms with van der Waals surface area (Å²) in [5.41, 5.74) is 0.379. The minimum absolute atomic E-state index is 0.0985. The molecule has 0 aromatic heterocycles. The lowest BCUT2D eigenvalue weighted by molar-refractivity contribution is -0.120. The highest BCUT2D eigenvalue weighted by molar-refractivity contribution is 5.80. The largest absolute Gasteiger partial charge is 0.300 e. The molecule has 0 bridgehead atoms. The molecule has 1 aromatic carbocycles. The van der Waals surface area contributed by atoms with Crippen molar-refractivity contribution in [3.8, 4) is 0 Å². The Kier molecular flexibility index (Phi) is 2.99. The molecule has 86 valence electrons. The van der Waals surface area contributed by atoms with Crippen LogP contribution in [-0.4, -0.2) is 5.78 Å². The second-order valence-electron chi connectivity index (χ2n) is 4.13. The first kappa shape index (κ1) is 11.2. The van der Waals surface area contributed by atoms with E-state index in [2.05, 4.69) is 0 Å². The van der Waals surface area contributed by atoms with Gasteiger partial charge in [0, 0.05) is 12.8 Å². The van der Waals surface area contributed by atoms with Gasteiger partial charge in [-0.05, 0) is 36.5 Å². The molecular formula is C12H11F3O. The summed E-state index contributed by atoms with van der Waals surface area (Å²) in [6, 6.07) is 1.98. The van der Waals surface area contributed by atoms with E-state index in [9.17, 15) is 18.0 Å². The number of carbonyl (C=O) groups excluding carboxylic acids is 1. The van der Waals surface area contributed by atoms with Gasteiger partial charge in [0.1, 0.15) is 5.78 Å². The first-order chi connectivity index (χ1) is 7.58. The van der Waals surface area contributed by atoms with Crippen LogP contribution in [0.4, 0.5) is 13.2 Å². The number of benzene rings is 1. The van der Waals surface area contributed by atoms with Crippen LogP contribution in [0.3, 0.4) is 0 Å². The van der Waals surface area contributed by atoms with Crippen molar-refractivity contribution in [2.75, 3.05) is 0 Å². The zero-order valence-electron chi connectivity index (χ0n) is 8.60. The van der Waals surface area contributed by atoms with Crippen molar-refractivity contribution in [3.63, 3.8) is 0 Å². The lowest BCUT2D eigenvalue weighted by Gasteiger charge is -2.21. The monoisotopic (exact) mass is 228 g/mol. The van der Waals surface area contributed by atoms with Crippen LogP contribution in [0.15, 0.2) is 12.1 Å². The number of ketones is 1. The molecule has 2 rings (SSSR count). The van der Waals surface area contributed by atoms with Crippen molar-refractivity contribution in [2.45, 2.75) is 31.6 Å². The standard InChI is InChI=1S/C12H11F3O/c13-10-5-8(6-11(14)12(10)15)7-2-1-3-9(16)4-7/h5-7H,1-4H2. The van der Waals surface area contributed by atoms with Crippen LogP contribution in [0, 0.1) is 17.5 Å². The van der Waals surface area contributed by atoms with Gasteiger partial charge in [0.15, 0.2) is 17.5 Å². The zero-order valence-corrected chi connectivity index (χ0v) is 8.60. The maximum absolute atomic E-state index is 13.0. The Balaban J connectivity index is 2.30. The van der Waals surface area contributed by atoms with E-state index in [1.807, 2.05) is 0 Å². The highest BCUT2D eigenvalue weighted by Crippen LogP contribution is 2.32. The quantitative estimate of drug-likeness (QED) is 0.674. The Morgan fingerprint density at radius 3 is 2.31 bits per heavy atom. The highest BCUT2D eigenvalue weighted by atomic mass is 19.2. The number of carbonyl (C=O) groups is 1. The van der Waals surface area contributed by atoms with Crippen molar-refractivity contribution in [3.05, 3.63) is 35.1 Å². The molecule has 1 fully saturated rings. The smallest absolute Gasteiger partial charge is 0.194 e. The molecule has 0 heterocycles. The normalized spacial score (nSPS) is 21.2. The third kappa shape index (κ3) is 2.10. The fourth-order valence-electron chi connectivity index (χ4n) is 2.12. The van der Waals surface area contributed by atoms with Gasteiger partial charge in [-0.1, -0.05) is 0 Å². The van der Waals surface area contributed by atoms with Gasteiger partial charge in [0.2, 0.25) is 0 Å². The number of hydrogen-bond donors (Lipinski definition) is 0. The molecule has 0 spiro atoms. The summed E-state index contributed by atoms with van der Waals surface area (Å²) in [6.07, 6.45) is 2.27. The molecule has 0 radical (unpaired) electrons. The maximum atomic E-state index is 13.0. The van der Waals surface area contributed by atoms with Gasteiger partial charge in [-0.15, -0.1) is 0 Å². The summed E-state index contributed by atoms with van der Waals surface area (Å²) < 4.78 is 38.7. The first-order valence-electron chi connectivity index (χ1n) is 5.24. The summed E-state index contributed by atoms with van der Waals surface area (Å²) in [5.74, 6) is -3.90. The summed E-state index contributed by atoms with van der Waals surface area (Å²) in [7, 11) is 0. The lowest BCUT2D eigenvalue weighted by Crippen LogP contribution is -2.14. The van der Waals surface area contributed by atoms with E-state index in [1.54, 1.807) is 0 Å². The topological polar surface area (TPSA) is 17.1 Å². The van der Waals surface area contributed by atoms with Gasteiger partial charge in [0.05, 0.1) is 0 Å². The average Bonchev–Trinajstić information content (AvgIpc) is 2.25. The zero-order chi connectivity index (χ0) is 11.7. The van der Waals surface area contributed by atoms with Crippen molar-refractivity contribution in [2.24, 2.45) is 0 Å². The summed E-state index contributed by atoms with van der Waals surface area (Å²) >= 11 is 0. The molecule has 0 amide bonds. The van der Waals surface area contributed by atoms with Crippen molar-refractivity contribution in [1.82, 2.24) is 0 Å². The van der Waals surface area contributed by atoms with E-state index in [1.165, 1.54) is 0 Å². The van der Waals surface area contributed by atoms with Crippen LogP contribution in [0.5, 0.6) is 0 Å². The molecule has 1 nitrogen and oxygen atoms in total. The molecule has 0 saturated heterocycles. The second-order valence-corrected chi connectivity index (χ2v) is 4.13. The van der Waals surface area contributed by atoms with Gasteiger partial charge in [-0.3, -0.25) is 4.79 Å². The Morgan fingerprint density at radius 1 is 1.12 bits per heavy atom. The van der Waals surface area contributed by atoms with Crippen molar-refractivity contribution in [1.29, 1.82) is 0 Å². The second kappa shape index (κ2) is 4.28. The molecule has 1 saturated carbocycles. The molecule has 1 aliphatic carbocycles. The van der Waals surface area contributed by atoms with Crippen LogP contribution in [0.2, 0.25) is 0 Å². The summed E-state index contributed by atoms with van der Waals surface area (Å²) in [6.45, 7) is 0. The van der Waals surface area contributed by atoms with Crippen molar-refractivity contribution >= 4 is 5.78 Å². The predicted molar refractivity (Wildman–Crippen MR) is 52.5 cm³/mol. The van der Waals surface area contributed by atoms with Crippen LogP contribution in [0.25, 0.3) is 0 Å². The molecule has 0 N–H and O–H groups in total. The van der Waals surface area contributed by atoms with Crippen molar-refractivity contribution < 1.29 is 18.0 Å². The molecule has 1 atom stereocenters. The Morgan fingerprint density at radius 2 is 1.75 bits per heavy atom. The van der Waals surface area contributed by atoms with E-state index in [-0.39, 0.29) is 11.7 Å². The van der Waals surface area contributed by atoms with Crippen LogP contribution in [-0.2, 0) is 4.79 Å². The molecular weight excluding hydrogens is 217 g/mol. The van der Waals surface area contributed by atoms with E-state index < -0.39 is 17.5 Å². The number of halogens is 3.